The van der Waals surface area contributed by atoms with Crippen LogP contribution in [0.4, 0.5) is 0 Å². The first-order chi connectivity index (χ1) is 10.1. The lowest BCUT2D eigenvalue weighted by Gasteiger charge is -2.29. The zero-order valence-corrected chi connectivity index (χ0v) is 13.4. The Morgan fingerprint density at radius 1 is 1.00 bits per heavy atom. The fourth-order valence-electron chi connectivity index (χ4n) is 3.22. The van der Waals surface area contributed by atoms with Gasteiger partial charge in [-0.3, -0.25) is 0 Å². The molecule has 0 heterocycles. The molecular formula is C18H19Cl2N. The van der Waals surface area contributed by atoms with Crippen molar-refractivity contribution in [3.8, 4) is 0 Å². The molecule has 1 aliphatic carbocycles. The first kappa shape index (κ1) is 14.9. The van der Waals surface area contributed by atoms with Crippen molar-refractivity contribution in [3.63, 3.8) is 0 Å². The number of hydrogen-bond acceptors (Lipinski definition) is 1. The van der Waals surface area contributed by atoms with Crippen LogP contribution in [0.25, 0.3) is 0 Å². The van der Waals surface area contributed by atoms with E-state index in [2.05, 4.69) is 24.3 Å². The van der Waals surface area contributed by atoms with Gasteiger partial charge in [-0.2, -0.15) is 0 Å². The monoisotopic (exact) mass is 319 g/mol. The van der Waals surface area contributed by atoms with Crippen LogP contribution in [-0.4, -0.2) is 6.04 Å². The molecule has 2 unspecified atom stereocenters. The highest BCUT2D eigenvalue weighted by molar-refractivity contribution is 6.36. The Morgan fingerprint density at radius 3 is 2.38 bits per heavy atom. The summed E-state index contributed by atoms with van der Waals surface area (Å²) in [5.74, 6) is 0.493. The van der Waals surface area contributed by atoms with Crippen molar-refractivity contribution in [3.05, 3.63) is 69.2 Å². The summed E-state index contributed by atoms with van der Waals surface area (Å²) < 4.78 is 0. The molecule has 3 rings (SSSR count). The van der Waals surface area contributed by atoms with E-state index < -0.39 is 0 Å². The first-order valence-corrected chi connectivity index (χ1v) is 8.16. The molecule has 0 saturated heterocycles. The van der Waals surface area contributed by atoms with Gasteiger partial charge in [-0.25, -0.2) is 0 Å². The fourth-order valence-corrected chi connectivity index (χ4v) is 3.77. The molecule has 2 N–H and O–H groups in total. The second kappa shape index (κ2) is 6.39. The highest BCUT2D eigenvalue weighted by Gasteiger charge is 2.24. The Labute approximate surface area is 136 Å². The number of halogens is 2. The van der Waals surface area contributed by atoms with E-state index in [1.165, 1.54) is 11.1 Å². The van der Waals surface area contributed by atoms with Gasteiger partial charge in [-0.15, -0.1) is 0 Å². The van der Waals surface area contributed by atoms with Gasteiger partial charge in [-0.1, -0.05) is 53.5 Å². The molecule has 0 aliphatic heterocycles. The van der Waals surface area contributed by atoms with E-state index >= 15 is 0 Å². The zero-order chi connectivity index (χ0) is 14.8. The standard InChI is InChI=1S/C18H19Cl2N/c19-16-6-3-7-17(20)15(16)11-18(21)14-9-8-12-4-1-2-5-13(12)10-14/h1-7,14,18H,8-11,21H2. The molecular weight excluding hydrogens is 301 g/mol. The summed E-state index contributed by atoms with van der Waals surface area (Å²) in [6, 6.07) is 14.4. The maximum Gasteiger partial charge on any atom is 0.0453 e. The van der Waals surface area contributed by atoms with Crippen molar-refractivity contribution in [1.82, 2.24) is 0 Å². The lowest BCUT2D eigenvalue weighted by molar-refractivity contribution is 0.372. The molecule has 3 heteroatoms. The summed E-state index contributed by atoms with van der Waals surface area (Å²) in [5, 5.41) is 1.43. The van der Waals surface area contributed by atoms with Gasteiger partial charge in [0.2, 0.25) is 0 Å². The number of hydrogen-bond donors (Lipinski definition) is 1. The minimum atomic E-state index is 0.0933. The third kappa shape index (κ3) is 3.26. The van der Waals surface area contributed by atoms with Gasteiger partial charge in [0, 0.05) is 16.1 Å². The van der Waals surface area contributed by atoms with E-state index in [9.17, 15) is 0 Å². The Hall–Kier alpha value is -1.02. The topological polar surface area (TPSA) is 26.0 Å². The van der Waals surface area contributed by atoms with Gasteiger partial charge in [0.15, 0.2) is 0 Å². The third-order valence-corrected chi connectivity index (χ3v) is 5.20. The van der Waals surface area contributed by atoms with Crippen LogP contribution in [0.3, 0.4) is 0 Å². The van der Waals surface area contributed by atoms with Crippen molar-refractivity contribution in [2.45, 2.75) is 31.7 Å². The Balaban J connectivity index is 1.74. The minimum absolute atomic E-state index is 0.0933. The van der Waals surface area contributed by atoms with E-state index in [0.717, 1.165) is 31.2 Å². The molecule has 110 valence electrons. The number of fused-ring (bicyclic) bond motifs is 1. The maximum atomic E-state index is 6.46. The van der Waals surface area contributed by atoms with Gasteiger partial charge in [0.05, 0.1) is 0 Å². The van der Waals surface area contributed by atoms with Crippen molar-refractivity contribution < 1.29 is 0 Å². The second-order valence-corrected chi connectivity index (χ2v) is 6.65. The second-order valence-electron chi connectivity index (χ2n) is 5.84. The zero-order valence-electron chi connectivity index (χ0n) is 11.9. The summed E-state index contributed by atoms with van der Waals surface area (Å²) in [7, 11) is 0. The molecule has 2 aromatic carbocycles. The van der Waals surface area contributed by atoms with Gasteiger partial charge < -0.3 is 5.73 Å². The van der Waals surface area contributed by atoms with Crippen molar-refractivity contribution in [1.29, 1.82) is 0 Å². The minimum Gasteiger partial charge on any atom is -0.327 e. The van der Waals surface area contributed by atoms with Crippen LogP contribution in [-0.2, 0) is 19.3 Å². The predicted octanol–water partition coefficient (Wildman–Crippen LogP) is 4.67. The van der Waals surface area contributed by atoms with Crippen LogP contribution in [0.5, 0.6) is 0 Å². The van der Waals surface area contributed by atoms with Crippen molar-refractivity contribution in [2.24, 2.45) is 11.7 Å². The SMILES string of the molecule is NC(Cc1c(Cl)cccc1Cl)C1CCc2ccccc2C1. The van der Waals surface area contributed by atoms with Crippen LogP contribution < -0.4 is 5.73 Å². The number of rotatable bonds is 3. The van der Waals surface area contributed by atoms with E-state index in [0.29, 0.717) is 16.0 Å². The van der Waals surface area contributed by atoms with Crippen LogP contribution in [0.2, 0.25) is 10.0 Å². The summed E-state index contributed by atoms with van der Waals surface area (Å²) in [5.41, 5.74) is 10.3. The molecule has 21 heavy (non-hydrogen) atoms. The molecule has 0 aromatic heterocycles. The highest BCUT2D eigenvalue weighted by Crippen LogP contribution is 2.31. The molecule has 1 aliphatic rings. The summed E-state index contributed by atoms with van der Waals surface area (Å²) in [6.07, 6.45) is 4.05. The van der Waals surface area contributed by atoms with Crippen molar-refractivity contribution >= 4 is 23.2 Å². The van der Waals surface area contributed by atoms with Crippen LogP contribution in [0, 0.1) is 5.92 Å². The van der Waals surface area contributed by atoms with Gasteiger partial charge in [-0.05, 0) is 60.4 Å². The highest BCUT2D eigenvalue weighted by atomic mass is 35.5. The first-order valence-electron chi connectivity index (χ1n) is 7.40. The fraction of sp³-hybridized carbons (Fsp3) is 0.333. The summed E-state index contributed by atoms with van der Waals surface area (Å²) >= 11 is 12.5. The van der Waals surface area contributed by atoms with Crippen LogP contribution in [0.15, 0.2) is 42.5 Å². The Kier molecular flexibility index (Phi) is 4.54. The molecule has 0 saturated carbocycles. The van der Waals surface area contributed by atoms with E-state index in [4.69, 9.17) is 28.9 Å². The molecule has 2 aromatic rings. The Morgan fingerprint density at radius 2 is 1.67 bits per heavy atom. The quantitative estimate of drug-likeness (QED) is 0.874. The van der Waals surface area contributed by atoms with Gasteiger partial charge >= 0.3 is 0 Å². The lowest BCUT2D eigenvalue weighted by Crippen LogP contribution is -2.36. The molecule has 0 amide bonds. The van der Waals surface area contributed by atoms with Gasteiger partial charge in [0.1, 0.15) is 0 Å². The Bertz CT molecular complexity index is 619. The number of nitrogens with two attached hydrogens (primary N) is 1. The smallest absolute Gasteiger partial charge is 0.0453 e. The largest absolute Gasteiger partial charge is 0.327 e. The lowest BCUT2D eigenvalue weighted by atomic mass is 9.79. The molecule has 0 bridgehead atoms. The number of aryl methyl sites for hydroxylation is 1. The maximum absolute atomic E-state index is 6.46. The summed E-state index contributed by atoms with van der Waals surface area (Å²) in [6.45, 7) is 0. The average molecular weight is 320 g/mol. The average Bonchev–Trinajstić information content (AvgIpc) is 2.50. The summed E-state index contributed by atoms with van der Waals surface area (Å²) in [4.78, 5) is 0. The molecule has 2 atom stereocenters. The van der Waals surface area contributed by atoms with E-state index in [1.54, 1.807) is 0 Å². The predicted molar refractivity (Wildman–Crippen MR) is 90.1 cm³/mol. The molecule has 1 nitrogen and oxygen atoms in total. The van der Waals surface area contributed by atoms with E-state index in [1.807, 2.05) is 18.2 Å². The molecule has 0 fully saturated rings. The van der Waals surface area contributed by atoms with Gasteiger partial charge in [0.25, 0.3) is 0 Å². The third-order valence-electron chi connectivity index (χ3n) is 4.49. The van der Waals surface area contributed by atoms with Crippen LogP contribution >= 0.6 is 23.2 Å². The van der Waals surface area contributed by atoms with Crippen molar-refractivity contribution in [2.75, 3.05) is 0 Å². The van der Waals surface area contributed by atoms with E-state index in [-0.39, 0.29) is 6.04 Å². The molecule has 0 spiro atoms. The normalized spacial score (nSPS) is 19.1. The number of benzene rings is 2. The molecule has 0 radical (unpaired) electrons. The van der Waals surface area contributed by atoms with Crippen LogP contribution in [0.1, 0.15) is 23.1 Å².